The summed E-state index contributed by atoms with van der Waals surface area (Å²) < 4.78 is 13.0. The van der Waals surface area contributed by atoms with Crippen LogP contribution in [0.3, 0.4) is 0 Å². The zero-order valence-corrected chi connectivity index (χ0v) is 16.6. The van der Waals surface area contributed by atoms with Crippen LogP contribution in [0.1, 0.15) is 15.9 Å². The van der Waals surface area contributed by atoms with Crippen LogP contribution < -0.4 is 5.32 Å². The topological polar surface area (TPSA) is 66.5 Å². The minimum absolute atomic E-state index is 0.0742. The number of nitrogens with zero attached hydrogens (tertiary/aromatic N) is 1. The van der Waals surface area contributed by atoms with Crippen LogP contribution in [0.25, 0.3) is 16.8 Å². The van der Waals surface area contributed by atoms with Crippen molar-refractivity contribution in [3.63, 3.8) is 0 Å². The van der Waals surface area contributed by atoms with Crippen LogP contribution in [0.2, 0.25) is 0 Å². The Balaban J connectivity index is 1.37. The first kappa shape index (κ1) is 19.8. The number of carbonyl (C=O) groups is 3. The maximum absolute atomic E-state index is 13.0. The van der Waals surface area contributed by atoms with Crippen molar-refractivity contribution in [2.24, 2.45) is 0 Å². The molecular weight excluding hydrogens is 403 g/mol. The van der Waals surface area contributed by atoms with Crippen molar-refractivity contribution in [3.8, 4) is 0 Å². The molecule has 0 spiro atoms. The first-order valence-corrected chi connectivity index (χ1v) is 10.1. The van der Waals surface area contributed by atoms with E-state index in [4.69, 9.17) is 0 Å². The van der Waals surface area contributed by atoms with Crippen molar-refractivity contribution in [2.45, 2.75) is 0 Å². The molecule has 1 saturated heterocycles. The number of hydrogen-bond acceptors (Lipinski definition) is 4. The molecule has 7 heteroatoms. The van der Waals surface area contributed by atoms with Crippen molar-refractivity contribution in [1.29, 1.82) is 0 Å². The molecule has 1 aliphatic rings. The summed E-state index contributed by atoms with van der Waals surface area (Å²) in [7, 11) is 0. The van der Waals surface area contributed by atoms with E-state index in [2.05, 4.69) is 5.32 Å². The predicted molar refractivity (Wildman–Crippen MR) is 115 cm³/mol. The maximum Gasteiger partial charge on any atom is 0.293 e. The van der Waals surface area contributed by atoms with Gasteiger partial charge in [-0.2, -0.15) is 0 Å². The van der Waals surface area contributed by atoms with E-state index in [0.29, 0.717) is 11.1 Å². The number of imide groups is 1. The standard InChI is InChI=1S/C23H17FN2O3S/c24-19-9-5-15(6-10-19)13-20-22(28)26(23(29)30-20)12-11-25-21(27)18-8-7-16-3-1-2-4-17(16)14-18/h1-10,13-14H,11-12H2,(H,25,27)/b20-13-. The Kier molecular flexibility index (Phi) is 5.63. The smallest absolute Gasteiger partial charge is 0.293 e. The Labute approximate surface area is 176 Å². The van der Waals surface area contributed by atoms with Crippen LogP contribution in [-0.4, -0.2) is 35.0 Å². The van der Waals surface area contributed by atoms with E-state index in [1.807, 2.05) is 30.3 Å². The first-order valence-electron chi connectivity index (χ1n) is 9.29. The van der Waals surface area contributed by atoms with Gasteiger partial charge < -0.3 is 5.32 Å². The average Bonchev–Trinajstić information content (AvgIpc) is 3.02. The minimum Gasteiger partial charge on any atom is -0.350 e. The van der Waals surface area contributed by atoms with Crippen LogP contribution in [-0.2, 0) is 4.79 Å². The number of fused-ring (bicyclic) bond motifs is 1. The summed E-state index contributed by atoms with van der Waals surface area (Å²) in [5, 5.41) is 4.35. The van der Waals surface area contributed by atoms with E-state index in [1.54, 1.807) is 18.2 Å². The summed E-state index contributed by atoms with van der Waals surface area (Å²) in [5.41, 5.74) is 1.14. The summed E-state index contributed by atoms with van der Waals surface area (Å²) in [6, 6.07) is 18.8. The monoisotopic (exact) mass is 420 g/mol. The fourth-order valence-electron chi connectivity index (χ4n) is 3.12. The molecule has 1 N–H and O–H groups in total. The third-order valence-corrected chi connectivity index (χ3v) is 5.58. The number of carbonyl (C=O) groups excluding carboxylic acids is 3. The van der Waals surface area contributed by atoms with Gasteiger partial charge in [0.2, 0.25) is 0 Å². The van der Waals surface area contributed by atoms with Crippen LogP contribution >= 0.6 is 11.8 Å². The number of thioether (sulfide) groups is 1. The second kappa shape index (κ2) is 8.51. The van der Waals surface area contributed by atoms with Gasteiger partial charge in [0.05, 0.1) is 4.91 Å². The van der Waals surface area contributed by atoms with Crippen LogP contribution in [0.5, 0.6) is 0 Å². The van der Waals surface area contributed by atoms with Crippen LogP contribution in [0.15, 0.2) is 71.6 Å². The van der Waals surface area contributed by atoms with Gasteiger partial charge in [0.25, 0.3) is 17.1 Å². The number of hydrogen-bond donors (Lipinski definition) is 1. The SMILES string of the molecule is O=C(NCCN1C(=O)S/C(=C\c2ccc(F)cc2)C1=O)c1ccc2ccccc2c1. The van der Waals surface area contributed by atoms with E-state index in [-0.39, 0.29) is 29.7 Å². The average molecular weight is 420 g/mol. The lowest BCUT2D eigenvalue weighted by Gasteiger charge is -2.13. The molecule has 3 aromatic carbocycles. The highest BCUT2D eigenvalue weighted by Gasteiger charge is 2.34. The third kappa shape index (κ3) is 4.26. The zero-order chi connectivity index (χ0) is 21.1. The van der Waals surface area contributed by atoms with Crippen LogP contribution in [0.4, 0.5) is 9.18 Å². The molecule has 150 valence electrons. The normalized spacial score (nSPS) is 15.2. The molecule has 1 fully saturated rings. The second-order valence-corrected chi connectivity index (χ2v) is 7.70. The number of benzene rings is 3. The molecule has 30 heavy (non-hydrogen) atoms. The molecule has 4 rings (SSSR count). The summed E-state index contributed by atoms with van der Waals surface area (Å²) in [6.45, 7) is 0.221. The molecule has 0 aliphatic carbocycles. The molecule has 0 unspecified atom stereocenters. The molecule has 3 amide bonds. The summed E-state index contributed by atoms with van der Waals surface area (Å²) in [4.78, 5) is 38.5. The van der Waals surface area contributed by atoms with E-state index in [0.717, 1.165) is 27.4 Å². The van der Waals surface area contributed by atoms with Gasteiger partial charge >= 0.3 is 0 Å². The van der Waals surface area contributed by atoms with E-state index >= 15 is 0 Å². The Morgan fingerprint density at radius 1 is 1.00 bits per heavy atom. The van der Waals surface area contributed by atoms with Crippen molar-refractivity contribution in [2.75, 3.05) is 13.1 Å². The summed E-state index contributed by atoms with van der Waals surface area (Å²) in [6.07, 6.45) is 1.55. The highest BCUT2D eigenvalue weighted by atomic mass is 32.2. The van der Waals surface area contributed by atoms with Crippen molar-refractivity contribution < 1.29 is 18.8 Å². The Hall–Kier alpha value is -3.45. The number of amides is 3. The van der Waals surface area contributed by atoms with Crippen molar-refractivity contribution in [1.82, 2.24) is 10.2 Å². The lowest BCUT2D eigenvalue weighted by molar-refractivity contribution is -0.122. The zero-order valence-electron chi connectivity index (χ0n) is 15.8. The van der Waals surface area contributed by atoms with Gasteiger partial charge in [0.1, 0.15) is 5.82 Å². The molecular formula is C23H17FN2O3S. The molecule has 1 aliphatic heterocycles. The van der Waals surface area contributed by atoms with Gasteiger partial charge in [0, 0.05) is 18.7 Å². The third-order valence-electron chi connectivity index (χ3n) is 4.67. The minimum atomic E-state index is -0.422. The first-order chi connectivity index (χ1) is 14.5. The van der Waals surface area contributed by atoms with Crippen molar-refractivity contribution >= 4 is 45.7 Å². The molecule has 0 radical (unpaired) electrons. The molecule has 0 saturated carbocycles. The van der Waals surface area contributed by atoms with Gasteiger partial charge in [-0.1, -0.05) is 42.5 Å². The fourth-order valence-corrected chi connectivity index (χ4v) is 3.98. The Morgan fingerprint density at radius 3 is 2.50 bits per heavy atom. The Bertz CT molecular complexity index is 1170. The molecule has 0 atom stereocenters. The molecule has 0 bridgehead atoms. The summed E-state index contributed by atoms with van der Waals surface area (Å²) >= 11 is 0.830. The van der Waals surface area contributed by atoms with E-state index < -0.39 is 11.1 Å². The molecule has 3 aromatic rings. The molecule has 1 heterocycles. The van der Waals surface area contributed by atoms with Crippen LogP contribution in [0, 0.1) is 5.82 Å². The van der Waals surface area contributed by atoms with Gasteiger partial charge in [-0.3, -0.25) is 19.3 Å². The highest BCUT2D eigenvalue weighted by molar-refractivity contribution is 8.18. The Morgan fingerprint density at radius 2 is 1.73 bits per heavy atom. The largest absolute Gasteiger partial charge is 0.350 e. The highest BCUT2D eigenvalue weighted by Crippen LogP contribution is 2.31. The number of rotatable bonds is 5. The fraction of sp³-hybridized carbons (Fsp3) is 0.0870. The quantitative estimate of drug-likeness (QED) is 0.620. The predicted octanol–water partition coefficient (Wildman–Crippen LogP) is 4.45. The maximum atomic E-state index is 13.0. The van der Waals surface area contributed by atoms with Gasteiger partial charge in [-0.25, -0.2) is 4.39 Å². The van der Waals surface area contributed by atoms with Gasteiger partial charge in [-0.05, 0) is 58.4 Å². The molecule has 5 nitrogen and oxygen atoms in total. The number of halogens is 1. The van der Waals surface area contributed by atoms with E-state index in [9.17, 15) is 18.8 Å². The van der Waals surface area contributed by atoms with Gasteiger partial charge in [0.15, 0.2) is 0 Å². The number of nitrogens with one attached hydrogen (secondary N) is 1. The van der Waals surface area contributed by atoms with Crippen molar-refractivity contribution in [3.05, 3.63) is 88.6 Å². The second-order valence-electron chi connectivity index (χ2n) is 6.70. The van der Waals surface area contributed by atoms with E-state index in [1.165, 1.54) is 24.3 Å². The molecule has 0 aromatic heterocycles. The lowest BCUT2D eigenvalue weighted by atomic mass is 10.1. The lowest BCUT2D eigenvalue weighted by Crippen LogP contribution is -2.37. The van der Waals surface area contributed by atoms with Gasteiger partial charge in [-0.15, -0.1) is 0 Å². The summed E-state index contributed by atoms with van der Waals surface area (Å²) in [5.74, 6) is -1.06.